The van der Waals surface area contributed by atoms with Gasteiger partial charge in [0.05, 0.1) is 20.3 Å². The number of hydrogen-bond donors (Lipinski definition) is 0. The van der Waals surface area contributed by atoms with Gasteiger partial charge in [0.25, 0.3) is 0 Å². The highest BCUT2D eigenvalue weighted by Gasteiger charge is 2.43. The molecule has 0 amide bonds. The molecule has 2 heterocycles. The number of nitrogens with zero attached hydrogens (tertiary/aromatic N) is 2. The first-order valence-corrected chi connectivity index (χ1v) is 16.8. The van der Waals surface area contributed by atoms with E-state index in [1.807, 2.05) is 0 Å². The Bertz CT molecular complexity index is 1520. The lowest BCUT2D eigenvalue weighted by molar-refractivity contribution is 0.195. The van der Waals surface area contributed by atoms with Crippen LogP contribution >= 0.6 is 11.6 Å². The van der Waals surface area contributed by atoms with Crippen LogP contribution in [0.3, 0.4) is 0 Å². The van der Waals surface area contributed by atoms with Gasteiger partial charge in [-0.1, -0.05) is 70.9 Å². The van der Waals surface area contributed by atoms with E-state index in [0.29, 0.717) is 0 Å². The van der Waals surface area contributed by atoms with Crippen LogP contribution in [-0.4, -0.2) is 47.1 Å². The van der Waals surface area contributed by atoms with Crippen LogP contribution in [0.2, 0.25) is 0 Å². The zero-order valence-electron chi connectivity index (χ0n) is 28.5. The fourth-order valence-electron chi connectivity index (χ4n) is 7.32. The maximum Gasteiger partial charge on any atom is 0.119 e. The average Bonchev–Trinajstić information content (AvgIpc) is 3.57. The summed E-state index contributed by atoms with van der Waals surface area (Å²) >= 11 is 7.13. The Morgan fingerprint density at radius 1 is 0.867 bits per heavy atom. The number of hydrogen-bond acceptors (Lipinski definition) is 5. The Morgan fingerprint density at radius 2 is 1.56 bits per heavy atom. The quantitative estimate of drug-likeness (QED) is 0.218. The van der Waals surface area contributed by atoms with E-state index in [2.05, 4.69) is 105 Å². The molecular weight excluding hydrogens is 580 g/mol. The van der Waals surface area contributed by atoms with Crippen LogP contribution in [0.5, 0.6) is 11.5 Å². The minimum absolute atomic E-state index is 0.0874. The Balaban J connectivity index is 1.43. The first kappa shape index (κ1) is 33.2. The number of allylic oxidation sites excluding steroid dienone is 7. The van der Waals surface area contributed by atoms with Crippen molar-refractivity contribution in [1.82, 2.24) is 0 Å². The van der Waals surface area contributed by atoms with Crippen LogP contribution < -0.4 is 19.3 Å². The molecule has 2 aromatic carbocycles. The zero-order valence-corrected chi connectivity index (χ0v) is 29.3. The van der Waals surface area contributed by atoms with E-state index in [9.17, 15) is 0 Å². The van der Waals surface area contributed by atoms with Crippen molar-refractivity contribution >= 4 is 23.0 Å². The smallest absolute Gasteiger partial charge is 0.119 e. The van der Waals surface area contributed by atoms with Crippen molar-refractivity contribution in [2.24, 2.45) is 0 Å². The van der Waals surface area contributed by atoms with Crippen LogP contribution in [0.4, 0.5) is 11.4 Å². The molecule has 1 unspecified atom stereocenters. The number of benzene rings is 2. The molecule has 5 rings (SSSR count). The highest BCUT2D eigenvalue weighted by Crippen LogP contribution is 2.50. The van der Waals surface area contributed by atoms with Gasteiger partial charge in [-0.3, -0.25) is 0 Å². The van der Waals surface area contributed by atoms with Crippen molar-refractivity contribution in [3.63, 3.8) is 0 Å². The molecule has 242 valence electrons. The second kappa shape index (κ2) is 13.7. The van der Waals surface area contributed by atoms with Crippen LogP contribution in [0.25, 0.3) is 0 Å². The lowest BCUT2D eigenvalue weighted by atomic mass is 9.80. The second-order valence-electron chi connectivity index (χ2n) is 13.5. The van der Waals surface area contributed by atoms with E-state index in [-0.39, 0.29) is 16.9 Å². The Labute approximate surface area is 276 Å². The van der Waals surface area contributed by atoms with Crippen molar-refractivity contribution in [2.75, 3.05) is 50.8 Å². The fourth-order valence-corrected chi connectivity index (χ4v) is 7.64. The van der Waals surface area contributed by atoms with Gasteiger partial charge < -0.3 is 24.0 Å². The third-order valence-corrected chi connectivity index (χ3v) is 10.5. The molecule has 0 aromatic heterocycles. The van der Waals surface area contributed by atoms with Crippen molar-refractivity contribution in [3.05, 3.63) is 93.7 Å². The van der Waals surface area contributed by atoms with Gasteiger partial charge in [0.15, 0.2) is 0 Å². The zero-order chi connectivity index (χ0) is 32.4. The minimum atomic E-state index is -0.135. The van der Waals surface area contributed by atoms with Gasteiger partial charge in [-0.15, -0.1) is 0 Å². The molecule has 2 aromatic rings. The first-order chi connectivity index (χ1) is 21.6. The predicted octanol–water partition coefficient (Wildman–Crippen LogP) is 9.46. The maximum atomic E-state index is 7.13. The average molecular weight is 631 g/mol. The van der Waals surface area contributed by atoms with E-state index in [1.54, 1.807) is 21.3 Å². The van der Waals surface area contributed by atoms with E-state index < -0.39 is 0 Å². The second-order valence-corrected chi connectivity index (χ2v) is 13.9. The third-order valence-electron chi connectivity index (χ3n) is 10.0. The Kier molecular flexibility index (Phi) is 10.1. The predicted molar refractivity (Wildman–Crippen MR) is 189 cm³/mol. The van der Waals surface area contributed by atoms with E-state index in [0.717, 1.165) is 68.3 Å². The molecular formula is C39H51ClN2O3. The van der Waals surface area contributed by atoms with Crippen molar-refractivity contribution in [3.8, 4) is 11.5 Å². The van der Waals surface area contributed by atoms with Crippen molar-refractivity contribution in [1.29, 1.82) is 0 Å². The molecule has 1 atom stereocenters. The van der Waals surface area contributed by atoms with Gasteiger partial charge in [-0.25, -0.2) is 0 Å². The summed E-state index contributed by atoms with van der Waals surface area (Å²) in [6.45, 7) is 14.2. The summed E-state index contributed by atoms with van der Waals surface area (Å²) in [5.41, 5.74) is 8.69. The Hall–Kier alpha value is -3.15. The molecule has 6 heteroatoms. The lowest BCUT2D eigenvalue weighted by Gasteiger charge is -2.32. The first-order valence-electron chi connectivity index (χ1n) is 16.5. The summed E-state index contributed by atoms with van der Waals surface area (Å²) < 4.78 is 16.6. The van der Waals surface area contributed by atoms with E-state index in [4.69, 9.17) is 25.8 Å². The maximum absolute atomic E-state index is 7.13. The molecule has 0 saturated carbocycles. The summed E-state index contributed by atoms with van der Waals surface area (Å²) in [5, 5.41) is 0.888. The molecule has 1 aliphatic carbocycles. The molecule has 0 N–H and O–H groups in total. The van der Waals surface area contributed by atoms with Gasteiger partial charge in [-0.05, 0) is 90.4 Å². The summed E-state index contributed by atoms with van der Waals surface area (Å²) in [4.78, 5) is 5.02. The number of ether oxygens (including phenoxy) is 3. The molecule has 2 aliphatic heterocycles. The van der Waals surface area contributed by atoms with Crippen LogP contribution in [0.15, 0.2) is 82.6 Å². The Morgan fingerprint density at radius 3 is 2.22 bits per heavy atom. The summed E-state index contributed by atoms with van der Waals surface area (Å²) in [5.74, 6) is 1.80. The largest absolute Gasteiger partial charge is 0.497 e. The number of unbranched alkanes of at least 4 members (excludes halogenated alkanes) is 1. The molecule has 0 fully saturated rings. The topological polar surface area (TPSA) is 34.2 Å². The lowest BCUT2D eigenvalue weighted by Crippen LogP contribution is -2.40. The number of rotatable bonds is 12. The highest BCUT2D eigenvalue weighted by molar-refractivity contribution is 6.33. The van der Waals surface area contributed by atoms with Gasteiger partial charge in [0.2, 0.25) is 0 Å². The van der Waals surface area contributed by atoms with Gasteiger partial charge in [0.1, 0.15) is 11.5 Å². The molecule has 0 spiro atoms. The highest BCUT2D eigenvalue weighted by atomic mass is 35.5. The summed E-state index contributed by atoms with van der Waals surface area (Å²) in [7, 11) is 5.24. The number of anilines is 2. The van der Waals surface area contributed by atoms with E-state index >= 15 is 0 Å². The summed E-state index contributed by atoms with van der Waals surface area (Å²) in [6, 6.07) is 13.2. The molecule has 5 nitrogen and oxygen atoms in total. The molecule has 0 radical (unpaired) electrons. The van der Waals surface area contributed by atoms with Crippen molar-refractivity contribution < 1.29 is 14.2 Å². The normalized spacial score (nSPS) is 21.8. The monoisotopic (exact) mass is 630 g/mol. The van der Waals surface area contributed by atoms with Gasteiger partial charge in [0, 0.05) is 59.7 Å². The molecule has 0 saturated heterocycles. The molecule has 0 bridgehead atoms. The number of fused-ring (bicyclic) bond motifs is 2. The van der Waals surface area contributed by atoms with E-state index in [1.165, 1.54) is 39.3 Å². The van der Waals surface area contributed by atoms with Gasteiger partial charge in [-0.2, -0.15) is 0 Å². The number of methoxy groups -OCH3 is 3. The van der Waals surface area contributed by atoms with Crippen LogP contribution in [0, 0.1) is 0 Å². The van der Waals surface area contributed by atoms with Crippen molar-refractivity contribution in [2.45, 2.75) is 83.6 Å². The van der Waals surface area contributed by atoms with Crippen LogP contribution in [-0.2, 0) is 15.6 Å². The minimum Gasteiger partial charge on any atom is -0.497 e. The summed E-state index contributed by atoms with van der Waals surface area (Å²) in [6.07, 6.45) is 14.4. The SMILES string of the molecule is CCCCN1/C(=C/C=C2\CCC(/C=C/C3N(CCCOC)c4ccc(OC)cc4C3(C)C)=C2Cl)C(C)(C)c2cc(OC)ccc21. The fraction of sp³-hybridized carbons (Fsp3) is 0.487. The standard InChI is InChI=1S/C39H51ClN2O3/c1-9-10-22-41-33-18-16-29(44-7)25-31(33)38(2,3)35(41)20-14-27-12-13-28(37(27)40)15-21-36-39(4,5)32-26-30(45-8)17-19-34(32)42(36)23-11-24-43-6/h14-21,25-26,36H,9-13,22-24H2,1-8H3/b21-15+,27-14+,35-20+. The molecule has 45 heavy (non-hydrogen) atoms. The number of halogens is 1. The molecule has 3 aliphatic rings. The van der Waals surface area contributed by atoms with Gasteiger partial charge >= 0.3 is 0 Å². The van der Waals surface area contributed by atoms with Crippen LogP contribution in [0.1, 0.15) is 77.8 Å². The third kappa shape index (κ3) is 6.31.